The second kappa shape index (κ2) is 3.63. The zero-order chi connectivity index (χ0) is 11.8. The normalized spacial score (nSPS) is 11.7. The first-order chi connectivity index (χ1) is 7.46. The molecule has 0 aliphatic carbocycles. The molecule has 1 N–H and O–H groups in total. The Morgan fingerprint density at radius 3 is 2.75 bits per heavy atom. The molecule has 2 aromatic heterocycles. The van der Waals surface area contributed by atoms with E-state index in [1.54, 1.807) is 12.3 Å². The third kappa shape index (κ3) is 2.21. The van der Waals surface area contributed by atoms with Crippen molar-refractivity contribution in [2.75, 3.05) is 0 Å². The lowest BCUT2D eigenvalue weighted by Crippen LogP contribution is -2.24. The number of pyridine rings is 1. The molecule has 0 spiro atoms. The molecule has 0 aliphatic rings. The summed E-state index contributed by atoms with van der Waals surface area (Å²) in [5, 5.41) is 0.979. The highest BCUT2D eigenvalue weighted by atomic mass is 16.6. The van der Waals surface area contributed by atoms with Crippen LogP contribution in [0.1, 0.15) is 31.3 Å². The Hall–Kier alpha value is -1.84. The molecule has 84 valence electrons. The molecule has 0 saturated carbocycles. The molecular weight excluding hydrogens is 204 g/mol. The summed E-state index contributed by atoms with van der Waals surface area (Å²) in [4.78, 5) is 18.9. The summed E-state index contributed by atoms with van der Waals surface area (Å²) >= 11 is 0. The van der Waals surface area contributed by atoms with Crippen LogP contribution in [0.4, 0.5) is 0 Å². The number of aromatic amines is 1. The van der Waals surface area contributed by atoms with E-state index in [2.05, 4.69) is 9.97 Å². The number of esters is 1. The zero-order valence-electron chi connectivity index (χ0n) is 9.57. The van der Waals surface area contributed by atoms with Crippen molar-refractivity contribution in [3.63, 3.8) is 0 Å². The van der Waals surface area contributed by atoms with Crippen LogP contribution in [0.3, 0.4) is 0 Å². The smallest absolute Gasteiger partial charge is 0.357 e. The minimum Gasteiger partial charge on any atom is -0.455 e. The van der Waals surface area contributed by atoms with E-state index < -0.39 is 11.6 Å². The Bertz CT molecular complexity index is 523. The second-order valence-electron chi connectivity index (χ2n) is 4.61. The topological polar surface area (TPSA) is 55.0 Å². The molecular formula is C12H14N2O2. The van der Waals surface area contributed by atoms with Gasteiger partial charge in [0.1, 0.15) is 11.2 Å². The number of rotatable bonds is 1. The summed E-state index contributed by atoms with van der Waals surface area (Å²) in [6, 6.07) is 5.42. The molecule has 0 saturated heterocycles. The monoisotopic (exact) mass is 218 g/mol. The van der Waals surface area contributed by atoms with E-state index in [1.807, 2.05) is 32.9 Å². The fourth-order valence-corrected chi connectivity index (χ4v) is 1.37. The van der Waals surface area contributed by atoms with Crippen molar-refractivity contribution in [2.24, 2.45) is 0 Å². The predicted octanol–water partition coefficient (Wildman–Crippen LogP) is 2.52. The summed E-state index contributed by atoms with van der Waals surface area (Å²) in [6.45, 7) is 5.49. The first-order valence-corrected chi connectivity index (χ1v) is 5.13. The second-order valence-corrected chi connectivity index (χ2v) is 4.61. The van der Waals surface area contributed by atoms with Gasteiger partial charge in [0, 0.05) is 11.6 Å². The van der Waals surface area contributed by atoms with Crippen LogP contribution in [-0.2, 0) is 4.74 Å². The van der Waals surface area contributed by atoms with Gasteiger partial charge < -0.3 is 9.72 Å². The largest absolute Gasteiger partial charge is 0.455 e. The number of carbonyl (C=O) groups is 1. The Balaban J connectivity index is 2.29. The third-order valence-corrected chi connectivity index (χ3v) is 2.02. The van der Waals surface area contributed by atoms with E-state index in [1.165, 1.54) is 0 Å². The van der Waals surface area contributed by atoms with E-state index in [4.69, 9.17) is 4.74 Å². The van der Waals surface area contributed by atoms with E-state index in [9.17, 15) is 4.79 Å². The highest BCUT2D eigenvalue weighted by Crippen LogP contribution is 2.14. The van der Waals surface area contributed by atoms with Crippen LogP contribution in [-0.4, -0.2) is 21.5 Å². The minimum absolute atomic E-state index is 0.324. The van der Waals surface area contributed by atoms with Crippen molar-refractivity contribution < 1.29 is 9.53 Å². The number of carbonyl (C=O) groups excluding carboxylic acids is 1. The first kappa shape index (κ1) is 10.7. The number of aromatic nitrogens is 2. The molecule has 4 nitrogen and oxygen atoms in total. The predicted molar refractivity (Wildman–Crippen MR) is 61.3 cm³/mol. The fourth-order valence-electron chi connectivity index (χ4n) is 1.37. The average molecular weight is 218 g/mol. The number of nitrogens with zero attached hydrogens (tertiary/aromatic N) is 1. The standard InChI is InChI=1S/C12H14N2O2/c1-12(2,3)16-11(15)9-5-4-8-6-7-13-10(8)14-9/h4-7H,1-3H3,(H,13,14). The van der Waals surface area contributed by atoms with Crippen LogP contribution < -0.4 is 0 Å². The molecule has 4 heteroatoms. The Kier molecular flexibility index (Phi) is 2.42. The van der Waals surface area contributed by atoms with Gasteiger partial charge in [0.2, 0.25) is 0 Å². The molecule has 0 atom stereocenters. The van der Waals surface area contributed by atoms with E-state index in [0.717, 1.165) is 5.39 Å². The van der Waals surface area contributed by atoms with Gasteiger partial charge in [-0.25, -0.2) is 9.78 Å². The lowest BCUT2D eigenvalue weighted by Gasteiger charge is -2.18. The Labute approximate surface area is 93.6 Å². The van der Waals surface area contributed by atoms with Crippen molar-refractivity contribution in [3.8, 4) is 0 Å². The Morgan fingerprint density at radius 1 is 1.31 bits per heavy atom. The van der Waals surface area contributed by atoms with Gasteiger partial charge in [-0.15, -0.1) is 0 Å². The molecule has 2 rings (SSSR count). The van der Waals surface area contributed by atoms with Crippen LogP contribution >= 0.6 is 0 Å². The maximum Gasteiger partial charge on any atom is 0.357 e. The van der Waals surface area contributed by atoms with Crippen LogP contribution in [0.15, 0.2) is 24.4 Å². The van der Waals surface area contributed by atoms with Gasteiger partial charge in [-0.3, -0.25) is 0 Å². The van der Waals surface area contributed by atoms with Gasteiger partial charge in [0.25, 0.3) is 0 Å². The molecule has 2 heterocycles. The van der Waals surface area contributed by atoms with Crippen molar-refractivity contribution >= 4 is 17.0 Å². The minimum atomic E-state index is -0.497. The first-order valence-electron chi connectivity index (χ1n) is 5.13. The lowest BCUT2D eigenvalue weighted by atomic mass is 10.2. The van der Waals surface area contributed by atoms with Crippen LogP contribution in [0.25, 0.3) is 11.0 Å². The fraction of sp³-hybridized carbons (Fsp3) is 0.333. The van der Waals surface area contributed by atoms with E-state index >= 15 is 0 Å². The van der Waals surface area contributed by atoms with Crippen LogP contribution in [0.2, 0.25) is 0 Å². The molecule has 0 aliphatic heterocycles. The highest BCUT2D eigenvalue weighted by molar-refractivity contribution is 5.90. The lowest BCUT2D eigenvalue weighted by molar-refractivity contribution is 0.00632. The summed E-state index contributed by atoms with van der Waals surface area (Å²) in [5.41, 5.74) is 0.525. The van der Waals surface area contributed by atoms with Crippen molar-refractivity contribution in [2.45, 2.75) is 26.4 Å². The summed E-state index contributed by atoms with van der Waals surface area (Å²) < 4.78 is 5.23. The van der Waals surface area contributed by atoms with Gasteiger partial charge in [0.15, 0.2) is 5.69 Å². The molecule has 0 aromatic carbocycles. The van der Waals surface area contributed by atoms with Gasteiger partial charge >= 0.3 is 5.97 Å². The van der Waals surface area contributed by atoms with E-state index in [0.29, 0.717) is 11.3 Å². The molecule has 0 bridgehead atoms. The molecule has 0 fully saturated rings. The van der Waals surface area contributed by atoms with Gasteiger partial charge in [-0.2, -0.15) is 0 Å². The number of ether oxygens (including phenoxy) is 1. The maximum atomic E-state index is 11.7. The Morgan fingerprint density at radius 2 is 2.06 bits per heavy atom. The summed E-state index contributed by atoms with van der Waals surface area (Å²) in [6.07, 6.45) is 1.79. The SMILES string of the molecule is CC(C)(C)OC(=O)c1ccc2cc[nH]c2n1. The quantitative estimate of drug-likeness (QED) is 0.748. The highest BCUT2D eigenvalue weighted by Gasteiger charge is 2.19. The number of hydrogen-bond donors (Lipinski definition) is 1. The van der Waals surface area contributed by atoms with Crippen molar-refractivity contribution in [1.82, 2.24) is 9.97 Å². The zero-order valence-corrected chi connectivity index (χ0v) is 9.57. The van der Waals surface area contributed by atoms with Crippen LogP contribution in [0.5, 0.6) is 0 Å². The molecule has 0 unspecified atom stereocenters. The number of hydrogen-bond acceptors (Lipinski definition) is 3. The molecule has 2 aromatic rings. The van der Waals surface area contributed by atoms with Crippen LogP contribution in [0, 0.1) is 0 Å². The average Bonchev–Trinajstić information content (AvgIpc) is 2.61. The molecule has 16 heavy (non-hydrogen) atoms. The number of nitrogens with one attached hydrogen (secondary N) is 1. The van der Waals surface area contributed by atoms with Gasteiger partial charge in [-0.1, -0.05) is 0 Å². The number of fused-ring (bicyclic) bond motifs is 1. The molecule has 0 amide bonds. The van der Waals surface area contributed by atoms with Crippen molar-refractivity contribution in [1.29, 1.82) is 0 Å². The third-order valence-electron chi connectivity index (χ3n) is 2.02. The van der Waals surface area contributed by atoms with Gasteiger partial charge in [-0.05, 0) is 39.0 Å². The van der Waals surface area contributed by atoms with E-state index in [-0.39, 0.29) is 0 Å². The number of H-pyrrole nitrogens is 1. The summed E-state index contributed by atoms with van der Waals surface area (Å²) in [7, 11) is 0. The maximum absolute atomic E-state index is 11.7. The molecule has 0 radical (unpaired) electrons. The van der Waals surface area contributed by atoms with Crippen molar-refractivity contribution in [3.05, 3.63) is 30.1 Å². The van der Waals surface area contributed by atoms with Gasteiger partial charge in [0.05, 0.1) is 0 Å². The summed E-state index contributed by atoms with van der Waals surface area (Å²) in [5.74, 6) is -0.399.